The SMILES string of the molecule is CC(C)n1ccnc1CN(C)CC1COc2ccccc2O1. The van der Waals surface area contributed by atoms with Crippen LogP contribution in [0.25, 0.3) is 0 Å². The van der Waals surface area contributed by atoms with E-state index in [-0.39, 0.29) is 6.10 Å². The van der Waals surface area contributed by atoms with E-state index in [0.717, 1.165) is 30.4 Å². The maximum Gasteiger partial charge on any atom is 0.161 e. The molecule has 3 rings (SSSR count). The van der Waals surface area contributed by atoms with Gasteiger partial charge in [0.15, 0.2) is 11.5 Å². The van der Waals surface area contributed by atoms with Crippen LogP contribution >= 0.6 is 0 Å². The van der Waals surface area contributed by atoms with Crippen molar-refractivity contribution in [1.82, 2.24) is 14.5 Å². The van der Waals surface area contributed by atoms with Crippen molar-refractivity contribution in [1.29, 1.82) is 0 Å². The number of fused-ring (bicyclic) bond motifs is 1. The molecule has 0 radical (unpaired) electrons. The molecule has 2 heterocycles. The molecule has 1 unspecified atom stereocenters. The highest BCUT2D eigenvalue weighted by Gasteiger charge is 2.22. The highest BCUT2D eigenvalue weighted by molar-refractivity contribution is 5.40. The first-order valence-corrected chi connectivity index (χ1v) is 7.72. The Morgan fingerprint density at radius 2 is 2.09 bits per heavy atom. The van der Waals surface area contributed by atoms with E-state index in [0.29, 0.717) is 12.6 Å². The van der Waals surface area contributed by atoms with Crippen LogP contribution in [0.3, 0.4) is 0 Å². The molecule has 0 N–H and O–H groups in total. The van der Waals surface area contributed by atoms with Crippen molar-refractivity contribution in [3.05, 3.63) is 42.5 Å². The molecular weight excluding hydrogens is 278 g/mol. The fourth-order valence-corrected chi connectivity index (χ4v) is 2.74. The number of ether oxygens (including phenoxy) is 2. The minimum absolute atomic E-state index is 0.0439. The quantitative estimate of drug-likeness (QED) is 0.851. The lowest BCUT2D eigenvalue weighted by atomic mass is 10.2. The largest absolute Gasteiger partial charge is 0.486 e. The third kappa shape index (κ3) is 3.25. The van der Waals surface area contributed by atoms with Gasteiger partial charge < -0.3 is 14.0 Å². The van der Waals surface area contributed by atoms with Gasteiger partial charge in [0.05, 0.1) is 6.54 Å². The van der Waals surface area contributed by atoms with E-state index in [1.807, 2.05) is 36.7 Å². The normalized spacial score (nSPS) is 17.2. The van der Waals surface area contributed by atoms with Crippen molar-refractivity contribution >= 4 is 0 Å². The minimum atomic E-state index is 0.0439. The van der Waals surface area contributed by atoms with Crippen LogP contribution in [-0.2, 0) is 6.54 Å². The van der Waals surface area contributed by atoms with Gasteiger partial charge in [-0.3, -0.25) is 4.90 Å². The van der Waals surface area contributed by atoms with Gasteiger partial charge in [-0.25, -0.2) is 4.98 Å². The Morgan fingerprint density at radius 1 is 1.32 bits per heavy atom. The molecule has 5 nitrogen and oxygen atoms in total. The lowest BCUT2D eigenvalue weighted by Crippen LogP contribution is -2.39. The van der Waals surface area contributed by atoms with Gasteiger partial charge in [-0.05, 0) is 33.0 Å². The summed E-state index contributed by atoms with van der Waals surface area (Å²) in [6.07, 6.45) is 3.94. The van der Waals surface area contributed by atoms with Gasteiger partial charge in [0.1, 0.15) is 18.5 Å². The Hall–Kier alpha value is -2.01. The summed E-state index contributed by atoms with van der Waals surface area (Å²) in [5.41, 5.74) is 0. The third-order valence-corrected chi connectivity index (χ3v) is 3.80. The van der Waals surface area contributed by atoms with Crippen molar-refractivity contribution in [2.24, 2.45) is 0 Å². The molecule has 1 aromatic heterocycles. The molecule has 0 fully saturated rings. The summed E-state index contributed by atoms with van der Waals surface area (Å²) in [4.78, 5) is 6.68. The first-order valence-electron chi connectivity index (χ1n) is 7.72. The summed E-state index contributed by atoms with van der Waals surface area (Å²) in [7, 11) is 2.09. The average Bonchev–Trinajstić information content (AvgIpc) is 2.95. The predicted molar refractivity (Wildman–Crippen MR) is 85.3 cm³/mol. The maximum absolute atomic E-state index is 6.01. The summed E-state index contributed by atoms with van der Waals surface area (Å²) in [6.45, 7) is 6.52. The lowest BCUT2D eigenvalue weighted by Gasteiger charge is -2.29. The molecule has 1 aliphatic heterocycles. The van der Waals surface area contributed by atoms with Crippen LogP contribution in [-0.4, -0.2) is 40.8 Å². The molecule has 1 aromatic carbocycles. The molecule has 0 saturated heterocycles. The van der Waals surface area contributed by atoms with E-state index < -0.39 is 0 Å². The van der Waals surface area contributed by atoms with Gasteiger partial charge in [-0.1, -0.05) is 12.1 Å². The van der Waals surface area contributed by atoms with Gasteiger partial charge in [0, 0.05) is 25.0 Å². The Morgan fingerprint density at radius 3 is 2.86 bits per heavy atom. The Bertz CT molecular complexity index is 624. The number of imidazole rings is 1. The van der Waals surface area contributed by atoms with Crippen molar-refractivity contribution in [2.45, 2.75) is 32.5 Å². The molecule has 0 amide bonds. The van der Waals surface area contributed by atoms with Crippen molar-refractivity contribution in [3.63, 3.8) is 0 Å². The fraction of sp³-hybridized carbons (Fsp3) is 0.471. The van der Waals surface area contributed by atoms with Crippen LogP contribution in [0.4, 0.5) is 0 Å². The van der Waals surface area contributed by atoms with E-state index in [2.05, 4.69) is 35.3 Å². The molecular formula is C17H23N3O2. The Kier molecular flexibility index (Phi) is 4.34. The monoisotopic (exact) mass is 301 g/mol. The average molecular weight is 301 g/mol. The number of nitrogens with zero attached hydrogens (tertiary/aromatic N) is 3. The molecule has 0 saturated carbocycles. The van der Waals surface area contributed by atoms with Crippen LogP contribution in [0.15, 0.2) is 36.7 Å². The fourth-order valence-electron chi connectivity index (χ4n) is 2.74. The van der Waals surface area contributed by atoms with Gasteiger partial charge >= 0.3 is 0 Å². The number of benzene rings is 1. The van der Waals surface area contributed by atoms with E-state index in [1.54, 1.807) is 0 Å². The smallest absolute Gasteiger partial charge is 0.161 e. The summed E-state index contributed by atoms with van der Waals surface area (Å²) in [6, 6.07) is 8.24. The molecule has 1 atom stereocenters. The summed E-state index contributed by atoms with van der Waals surface area (Å²) >= 11 is 0. The van der Waals surface area contributed by atoms with Gasteiger partial charge in [-0.15, -0.1) is 0 Å². The Labute approximate surface area is 131 Å². The van der Waals surface area contributed by atoms with Gasteiger partial charge in [-0.2, -0.15) is 0 Å². The molecule has 2 aromatic rings. The van der Waals surface area contributed by atoms with Gasteiger partial charge in [0.2, 0.25) is 0 Å². The van der Waals surface area contributed by atoms with Crippen LogP contribution in [0.2, 0.25) is 0 Å². The first-order chi connectivity index (χ1) is 10.6. The highest BCUT2D eigenvalue weighted by atomic mass is 16.6. The number of para-hydroxylation sites is 2. The van der Waals surface area contributed by atoms with Crippen LogP contribution in [0, 0.1) is 0 Å². The minimum Gasteiger partial charge on any atom is -0.486 e. The molecule has 0 spiro atoms. The summed E-state index contributed by atoms with van der Waals surface area (Å²) in [5, 5.41) is 0. The maximum atomic E-state index is 6.01. The second-order valence-corrected chi connectivity index (χ2v) is 6.04. The zero-order chi connectivity index (χ0) is 15.5. The van der Waals surface area contributed by atoms with Crippen LogP contribution in [0.5, 0.6) is 11.5 Å². The number of likely N-dealkylation sites (N-methyl/N-ethyl adjacent to an activating group) is 1. The lowest BCUT2D eigenvalue weighted by molar-refractivity contribution is 0.0629. The van der Waals surface area contributed by atoms with E-state index in [1.165, 1.54) is 0 Å². The van der Waals surface area contributed by atoms with E-state index in [9.17, 15) is 0 Å². The van der Waals surface area contributed by atoms with E-state index in [4.69, 9.17) is 9.47 Å². The first kappa shape index (κ1) is 14.9. The molecule has 1 aliphatic rings. The second-order valence-electron chi connectivity index (χ2n) is 6.04. The van der Waals surface area contributed by atoms with Crippen LogP contribution in [0.1, 0.15) is 25.7 Å². The van der Waals surface area contributed by atoms with Crippen molar-refractivity contribution in [3.8, 4) is 11.5 Å². The predicted octanol–water partition coefficient (Wildman–Crippen LogP) is 2.74. The standard InChI is InChI=1S/C17H23N3O2/c1-13(2)20-9-8-18-17(20)11-19(3)10-14-12-21-15-6-4-5-7-16(15)22-14/h4-9,13-14H,10-12H2,1-3H3. The second kappa shape index (κ2) is 6.40. The molecule has 118 valence electrons. The zero-order valence-corrected chi connectivity index (χ0v) is 13.4. The van der Waals surface area contributed by atoms with Gasteiger partial charge in [0.25, 0.3) is 0 Å². The number of hydrogen-bond donors (Lipinski definition) is 0. The summed E-state index contributed by atoms with van der Waals surface area (Å²) < 4.78 is 14.0. The topological polar surface area (TPSA) is 39.5 Å². The van der Waals surface area contributed by atoms with Crippen molar-refractivity contribution < 1.29 is 9.47 Å². The van der Waals surface area contributed by atoms with Crippen molar-refractivity contribution in [2.75, 3.05) is 20.2 Å². The van der Waals surface area contributed by atoms with Crippen LogP contribution < -0.4 is 9.47 Å². The molecule has 0 bridgehead atoms. The zero-order valence-electron chi connectivity index (χ0n) is 13.4. The Balaban J connectivity index is 1.59. The molecule has 22 heavy (non-hydrogen) atoms. The molecule has 0 aliphatic carbocycles. The van der Waals surface area contributed by atoms with E-state index >= 15 is 0 Å². The number of hydrogen-bond acceptors (Lipinski definition) is 4. The number of aromatic nitrogens is 2. The number of rotatable bonds is 5. The third-order valence-electron chi connectivity index (χ3n) is 3.80. The molecule has 5 heteroatoms. The highest BCUT2D eigenvalue weighted by Crippen LogP contribution is 2.31. The summed E-state index contributed by atoms with van der Waals surface area (Å²) in [5.74, 6) is 2.74.